The molecule has 0 saturated heterocycles. The number of carbonyl (C=O) groups is 1. The highest BCUT2D eigenvalue weighted by Crippen LogP contribution is 2.27. The number of phenols is 1. The average Bonchev–Trinajstić information content (AvgIpc) is 2.24. The summed E-state index contributed by atoms with van der Waals surface area (Å²) in [6.45, 7) is 5.28. The molecule has 0 fully saturated rings. The number of para-hydroxylation sites is 1. The van der Waals surface area contributed by atoms with Gasteiger partial charge in [-0.3, -0.25) is 4.79 Å². The first-order valence-electron chi connectivity index (χ1n) is 5.27. The minimum absolute atomic E-state index is 0.0859. The van der Waals surface area contributed by atoms with E-state index in [9.17, 15) is 9.90 Å². The van der Waals surface area contributed by atoms with Crippen LogP contribution in [0.4, 0.5) is 5.69 Å². The molecule has 1 aromatic rings. The molecule has 0 aliphatic rings. The predicted molar refractivity (Wildman–Crippen MR) is 64.4 cm³/mol. The van der Waals surface area contributed by atoms with Crippen LogP contribution in [0, 0.1) is 6.92 Å². The lowest BCUT2D eigenvalue weighted by Crippen LogP contribution is -2.47. The number of nitrogens with one attached hydrogen (secondary N) is 1. The summed E-state index contributed by atoms with van der Waals surface area (Å²) < 4.78 is 0. The van der Waals surface area contributed by atoms with Gasteiger partial charge in [0.1, 0.15) is 5.75 Å². The molecule has 4 nitrogen and oxygen atoms in total. The molecule has 4 heteroatoms. The van der Waals surface area contributed by atoms with Crippen LogP contribution in [0.25, 0.3) is 0 Å². The standard InChI is InChI=1S/C12H18N2O2/c1-4-12(3,13)11(16)14-9-7-5-6-8(2)10(9)15/h5-7,15H,4,13H2,1-3H3,(H,14,16). The molecular formula is C12H18N2O2. The number of hydrogen-bond donors (Lipinski definition) is 3. The van der Waals surface area contributed by atoms with Gasteiger partial charge in [0.2, 0.25) is 5.91 Å². The molecular weight excluding hydrogens is 204 g/mol. The maximum absolute atomic E-state index is 11.8. The van der Waals surface area contributed by atoms with E-state index in [1.807, 2.05) is 6.92 Å². The van der Waals surface area contributed by atoms with Crippen molar-refractivity contribution in [2.45, 2.75) is 32.7 Å². The van der Waals surface area contributed by atoms with Gasteiger partial charge in [-0.05, 0) is 31.9 Å². The molecule has 4 N–H and O–H groups in total. The van der Waals surface area contributed by atoms with Gasteiger partial charge in [0.05, 0.1) is 11.2 Å². The minimum Gasteiger partial charge on any atom is -0.505 e. The van der Waals surface area contributed by atoms with Gasteiger partial charge in [-0.15, -0.1) is 0 Å². The summed E-state index contributed by atoms with van der Waals surface area (Å²) in [5.74, 6) is -0.210. The molecule has 0 spiro atoms. The lowest BCUT2D eigenvalue weighted by atomic mass is 9.99. The summed E-state index contributed by atoms with van der Waals surface area (Å²) in [7, 11) is 0. The fourth-order valence-corrected chi connectivity index (χ4v) is 1.19. The van der Waals surface area contributed by atoms with Gasteiger partial charge in [0.15, 0.2) is 0 Å². The van der Waals surface area contributed by atoms with Crippen molar-refractivity contribution in [3.8, 4) is 5.75 Å². The van der Waals surface area contributed by atoms with Gasteiger partial charge in [-0.25, -0.2) is 0 Å². The van der Waals surface area contributed by atoms with Crippen LogP contribution in [-0.4, -0.2) is 16.6 Å². The number of anilines is 1. The Morgan fingerprint density at radius 3 is 2.75 bits per heavy atom. The van der Waals surface area contributed by atoms with Crippen molar-refractivity contribution in [1.82, 2.24) is 0 Å². The maximum Gasteiger partial charge on any atom is 0.244 e. The molecule has 1 amide bonds. The lowest BCUT2D eigenvalue weighted by molar-refractivity contribution is -0.120. The van der Waals surface area contributed by atoms with E-state index in [1.54, 1.807) is 32.0 Å². The highest BCUT2D eigenvalue weighted by atomic mass is 16.3. The molecule has 0 bridgehead atoms. The largest absolute Gasteiger partial charge is 0.505 e. The fourth-order valence-electron chi connectivity index (χ4n) is 1.19. The van der Waals surface area contributed by atoms with E-state index in [-0.39, 0.29) is 11.7 Å². The summed E-state index contributed by atoms with van der Waals surface area (Å²) in [5.41, 5.74) is 6.00. The summed E-state index contributed by atoms with van der Waals surface area (Å²) in [6.07, 6.45) is 0.533. The second kappa shape index (κ2) is 4.53. The fraction of sp³-hybridized carbons (Fsp3) is 0.417. The number of aryl methyl sites for hydroxylation is 1. The zero-order chi connectivity index (χ0) is 12.3. The van der Waals surface area contributed by atoms with Gasteiger partial charge < -0.3 is 16.2 Å². The van der Waals surface area contributed by atoms with Gasteiger partial charge >= 0.3 is 0 Å². The van der Waals surface area contributed by atoms with E-state index >= 15 is 0 Å². The van der Waals surface area contributed by atoms with Crippen LogP contribution in [0.5, 0.6) is 5.75 Å². The zero-order valence-corrected chi connectivity index (χ0v) is 9.87. The second-order valence-electron chi connectivity index (χ2n) is 4.20. The van der Waals surface area contributed by atoms with Gasteiger partial charge in [-0.1, -0.05) is 19.1 Å². The quantitative estimate of drug-likeness (QED) is 0.682. The summed E-state index contributed by atoms with van der Waals surface area (Å²) in [6, 6.07) is 5.18. The lowest BCUT2D eigenvalue weighted by Gasteiger charge is -2.22. The van der Waals surface area contributed by atoms with Crippen molar-refractivity contribution in [3.63, 3.8) is 0 Å². The molecule has 0 aromatic heterocycles. The third-order valence-electron chi connectivity index (χ3n) is 2.74. The van der Waals surface area contributed by atoms with E-state index in [1.165, 1.54) is 0 Å². The monoisotopic (exact) mass is 222 g/mol. The average molecular weight is 222 g/mol. The van der Waals surface area contributed by atoms with Crippen molar-refractivity contribution in [2.24, 2.45) is 5.73 Å². The van der Waals surface area contributed by atoms with Crippen LogP contribution in [0.3, 0.4) is 0 Å². The van der Waals surface area contributed by atoms with Crippen molar-refractivity contribution in [3.05, 3.63) is 23.8 Å². The van der Waals surface area contributed by atoms with Gasteiger partial charge in [0, 0.05) is 0 Å². The van der Waals surface area contributed by atoms with Crippen molar-refractivity contribution < 1.29 is 9.90 Å². The van der Waals surface area contributed by atoms with Crippen molar-refractivity contribution in [1.29, 1.82) is 0 Å². The Morgan fingerprint density at radius 1 is 1.56 bits per heavy atom. The molecule has 16 heavy (non-hydrogen) atoms. The Labute approximate surface area is 95.5 Å². The number of benzene rings is 1. The Balaban J connectivity index is 2.90. The highest BCUT2D eigenvalue weighted by molar-refractivity contribution is 5.98. The summed E-state index contributed by atoms with van der Waals surface area (Å²) >= 11 is 0. The molecule has 0 aliphatic heterocycles. The van der Waals surface area contributed by atoms with Gasteiger partial charge in [-0.2, -0.15) is 0 Å². The molecule has 88 valence electrons. The predicted octanol–water partition coefficient (Wildman–Crippen LogP) is 1.77. The Kier molecular flexibility index (Phi) is 3.55. The number of rotatable bonds is 3. The third kappa shape index (κ3) is 2.52. The minimum atomic E-state index is -0.920. The molecule has 0 saturated carbocycles. The number of nitrogens with two attached hydrogens (primary N) is 1. The first-order valence-corrected chi connectivity index (χ1v) is 5.27. The van der Waals surface area contributed by atoms with Crippen LogP contribution in [0.2, 0.25) is 0 Å². The first kappa shape index (κ1) is 12.5. The molecule has 0 radical (unpaired) electrons. The Morgan fingerprint density at radius 2 is 2.19 bits per heavy atom. The first-order chi connectivity index (χ1) is 7.38. The number of phenolic OH excluding ortho intramolecular Hbond substituents is 1. The topological polar surface area (TPSA) is 75.4 Å². The Bertz CT molecular complexity index is 400. The van der Waals surface area contributed by atoms with Crippen molar-refractivity contribution >= 4 is 11.6 Å². The third-order valence-corrected chi connectivity index (χ3v) is 2.74. The summed E-state index contributed by atoms with van der Waals surface area (Å²) in [4.78, 5) is 11.8. The van der Waals surface area contributed by atoms with Crippen LogP contribution in [0.1, 0.15) is 25.8 Å². The van der Waals surface area contributed by atoms with E-state index < -0.39 is 5.54 Å². The normalized spacial score (nSPS) is 14.2. The molecule has 0 aliphatic carbocycles. The van der Waals surface area contributed by atoms with E-state index in [0.29, 0.717) is 17.7 Å². The highest BCUT2D eigenvalue weighted by Gasteiger charge is 2.26. The number of aromatic hydroxyl groups is 1. The number of hydrogen-bond acceptors (Lipinski definition) is 3. The van der Waals surface area contributed by atoms with Crippen LogP contribution in [-0.2, 0) is 4.79 Å². The van der Waals surface area contributed by atoms with Crippen LogP contribution in [0.15, 0.2) is 18.2 Å². The smallest absolute Gasteiger partial charge is 0.244 e. The van der Waals surface area contributed by atoms with Gasteiger partial charge in [0.25, 0.3) is 0 Å². The van der Waals surface area contributed by atoms with E-state index in [2.05, 4.69) is 5.32 Å². The maximum atomic E-state index is 11.8. The summed E-state index contributed by atoms with van der Waals surface area (Å²) in [5, 5.41) is 12.4. The molecule has 0 heterocycles. The molecule has 1 unspecified atom stereocenters. The molecule has 1 aromatic carbocycles. The zero-order valence-electron chi connectivity index (χ0n) is 9.87. The molecule has 1 atom stereocenters. The Hall–Kier alpha value is -1.55. The SMILES string of the molecule is CCC(C)(N)C(=O)Nc1cccc(C)c1O. The van der Waals surface area contributed by atoms with E-state index in [0.717, 1.165) is 0 Å². The number of amides is 1. The van der Waals surface area contributed by atoms with Crippen LogP contribution >= 0.6 is 0 Å². The number of carbonyl (C=O) groups excluding carboxylic acids is 1. The second-order valence-corrected chi connectivity index (χ2v) is 4.20. The van der Waals surface area contributed by atoms with Crippen LogP contribution < -0.4 is 11.1 Å². The van der Waals surface area contributed by atoms with E-state index in [4.69, 9.17) is 5.73 Å². The van der Waals surface area contributed by atoms with Crippen molar-refractivity contribution in [2.75, 3.05) is 5.32 Å². The molecule has 1 rings (SSSR count).